The molecular weight excluding hydrogens is 238 g/mol. The highest BCUT2D eigenvalue weighted by Gasteiger charge is 2.15. The number of anilines is 2. The molecule has 3 N–H and O–H groups in total. The molecule has 0 radical (unpaired) electrons. The van der Waals surface area contributed by atoms with Gasteiger partial charge in [0, 0.05) is 12.2 Å². The van der Waals surface area contributed by atoms with Crippen LogP contribution in [0.2, 0.25) is 0 Å². The van der Waals surface area contributed by atoms with Gasteiger partial charge in [-0.15, -0.1) is 10.2 Å². The molecule has 2 aromatic rings. The lowest BCUT2D eigenvalue weighted by molar-refractivity contribution is 0.101. The molecule has 1 amide bonds. The molecule has 0 saturated heterocycles. The summed E-state index contributed by atoms with van der Waals surface area (Å²) < 4.78 is 1.83. The predicted octanol–water partition coefficient (Wildman–Crippen LogP) is 1.75. The van der Waals surface area contributed by atoms with E-state index in [2.05, 4.69) is 15.5 Å². The Morgan fingerprint density at radius 3 is 2.94 bits per heavy atom. The second-order valence-corrected chi connectivity index (χ2v) is 4.69. The molecule has 0 aliphatic heterocycles. The third-order valence-corrected chi connectivity index (χ3v) is 2.85. The second kappa shape index (κ2) is 4.54. The maximum absolute atomic E-state index is 12.0. The third-order valence-electron chi connectivity index (χ3n) is 2.24. The van der Waals surface area contributed by atoms with Gasteiger partial charge in [-0.1, -0.05) is 11.3 Å². The van der Waals surface area contributed by atoms with E-state index in [1.807, 2.05) is 18.4 Å². The van der Waals surface area contributed by atoms with Gasteiger partial charge in [0.25, 0.3) is 5.91 Å². The van der Waals surface area contributed by atoms with Crippen molar-refractivity contribution in [3.8, 4) is 0 Å². The smallest absolute Gasteiger partial charge is 0.274 e. The minimum Gasteiger partial charge on any atom is -0.397 e. The standard InChI is InChI=1S/C10H13N5OS/c1-6(2)15-4-7(11)3-8(15)9(16)13-10-14-12-5-17-10/h3-6H,11H2,1-2H3,(H,13,14,16). The number of nitrogens with zero attached hydrogens (tertiary/aromatic N) is 3. The van der Waals surface area contributed by atoms with Crippen LogP contribution in [0.5, 0.6) is 0 Å². The number of hydrogen-bond acceptors (Lipinski definition) is 5. The van der Waals surface area contributed by atoms with Crippen LogP contribution in [0, 0.1) is 0 Å². The van der Waals surface area contributed by atoms with Crippen LogP contribution in [-0.4, -0.2) is 20.7 Å². The molecular formula is C10H13N5OS. The minimum absolute atomic E-state index is 0.169. The van der Waals surface area contributed by atoms with E-state index in [0.717, 1.165) is 0 Å². The molecule has 0 aliphatic rings. The number of hydrogen-bond donors (Lipinski definition) is 2. The Labute approximate surface area is 102 Å². The van der Waals surface area contributed by atoms with Gasteiger partial charge in [0.2, 0.25) is 5.13 Å². The van der Waals surface area contributed by atoms with Crippen LogP contribution in [0.15, 0.2) is 17.8 Å². The molecule has 0 spiro atoms. The molecule has 0 aliphatic carbocycles. The first kappa shape index (κ1) is 11.6. The molecule has 2 rings (SSSR count). The number of nitrogens with two attached hydrogens (primary N) is 1. The number of carbonyl (C=O) groups is 1. The van der Waals surface area contributed by atoms with Gasteiger partial charge in [-0.05, 0) is 19.9 Å². The first-order valence-electron chi connectivity index (χ1n) is 5.13. The number of amides is 1. The molecule has 2 heterocycles. The number of carbonyl (C=O) groups excluding carboxylic acids is 1. The summed E-state index contributed by atoms with van der Waals surface area (Å²) in [6.07, 6.45) is 1.75. The molecule has 90 valence electrons. The van der Waals surface area contributed by atoms with E-state index in [0.29, 0.717) is 16.5 Å². The molecule has 0 atom stereocenters. The van der Waals surface area contributed by atoms with E-state index in [-0.39, 0.29) is 11.9 Å². The van der Waals surface area contributed by atoms with Crippen molar-refractivity contribution in [1.82, 2.24) is 14.8 Å². The van der Waals surface area contributed by atoms with Crippen molar-refractivity contribution in [2.45, 2.75) is 19.9 Å². The molecule has 0 fully saturated rings. The van der Waals surface area contributed by atoms with Gasteiger partial charge in [0.1, 0.15) is 11.2 Å². The molecule has 2 aromatic heterocycles. The van der Waals surface area contributed by atoms with E-state index in [4.69, 9.17) is 5.73 Å². The maximum Gasteiger partial charge on any atom is 0.274 e. The second-order valence-electron chi connectivity index (χ2n) is 3.86. The zero-order valence-electron chi connectivity index (χ0n) is 9.54. The zero-order chi connectivity index (χ0) is 12.4. The average Bonchev–Trinajstić information content (AvgIpc) is 2.86. The zero-order valence-corrected chi connectivity index (χ0v) is 10.4. The van der Waals surface area contributed by atoms with Crippen LogP contribution >= 0.6 is 11.3 Å². The Morgan fingerprint density at radius 2 is 2.35 bits per heavy atom. The third kappa shape index (κ3) is 2.44. The lowest BCUT2D eigenvalue weighted by Crippen LogP contribution is -2.17. The summed E-state index contributed by atoms with van der Waals surface area (Å²) in [7, 11) is 0. The van der Waals surface area contributed by atoms with Gasteiger partial charge >= 0.3 is 0 Å². The lowest BCUT2D eigenvalue weighted by Gasteiger charge is -2.11. The van der Waals surface area contributed by atoms with Crippen LogP contribution < -0.4 is 11.1 Å². The highest BCUT2D eigenvalue weighted by molar-refractivity contribution is 7.13. The Balaban J connectivity index is 2.24. The van der Waals surface area contributed by atoms with Crippen molar-refractivity contribution < 1.29 is 4.79 Å². The van der Waals surface area contributed by atoms with Gasteiger partial charge in [-0.25, -0.2) is 0 Å². The number of nitrogen functional groups attached to an aromatic ring is 1. The van der Waals surface area contributed by atoms with Crippen molar-refractivity contribution in [3.63, 3.8) is 0 Å². The largest absolute Gasteiger partial charge is 0.397 e. The van der Waals surface area contributed by atoms with Crippen LogP contribution in [-0.2, 0) is 0 Å². The Hall–Kier alpha value is -1.89. The van der Waals surface area contributed by atoms with E-state index in [9.17, 15) is 4.79 Å². The SMILES string of the molecule is CC(C)n1cc(N)cc1C(=O)Nc1nncs1. The Morgan fingerprint density at radius 1 is 1.59 bits per heavy atom. The number of nitrogens with one attached hydrogen (secondary N) is 1. The normalized spacial score (nSPS) is 10.8. The quantitative estimate of drug-likeness (QED) is 0.870. The van der Waals surface area contributed by atoms with E-state index in [1.165, 1.54) is 11.3 Å². The monoisotopic (exact) mass is 251 g/mol. The van der Waals surface area contributed by atoms with Gasteiger partial charge in [-0.2, -0.15) is 0 Å². The molecule has 6 nitrogen and oxygen atoms in total. The van der Waals surface area contributed by atoms with E-state index < -0.39 is 0 Å². The number of aromatic nitrogens is 3. The Bertz CT molecular complexity index is 517. The van der Waals surface area contributed by atoms with Crippen LogP contribution in [0.4, 0.5) is 10.8 Å². The van der Waals surface area contributed by atoms with Gasteiger partial charge in [0.05, 0.1) is 5.69 Å². The first-order valence-corrected chi connectivity index (χ1v) is 6.00. The molecule has 17 heavy (non-hydrogen) atoms. The van der Waals surface area contributed by atoms with E-state index in [1.54, 1.807) is 17.8 Å². The first-order chi connectivity index (χ1) is 8.08. The maximum atomic E-state index is 12.0. The van der Waals surface area contributed by atoms with Crippen LogP contribution in [0.3, 0.4) is 0 Å². The van der Waals surface area contributed by atoms with Crippen LogP contribution in [0.25, 0.3) is 0 Å². The minimum atomic E-state index is -0.229. The van der Waals surface area contributed by atoms with Crippen LogP contribution in [0.1, 0.15) is 30.4 Å². The average molecular weight is 251 g/mol. The van der Waals surface area contributed by atoms with Gasteiger partial charge < -0.3 is 10.3 Å². The molecule has 0 aromatic carbocycles. The van der Waals surface area contributed by atoms with E-state index >= 15 is 0 Å². The predicted molar refractivity (Wildman–Crippen MR) is 67.1 cm³/mol. The van der Waals surface area contributed by atoms with Crippen molar-refractivity contribution in [2.75, 3.05) is 11.1 Å². The molecule has 0 saturated carbocycles. The van der Waals surface area contributed by atoms with Crippen molar-refractivity contribution in [1.29, 1.82) is 0 Å². The summed E-state index contributed by atoms with van der Waals surface area (Å²) in [4.78, 5) is 12.0. The fourth-order valence-electron chi connectivity index (χ4n) is 1.50. The fourth-order valence-corrected chi connectivity index (χ4v) is 1.94. The number of rotatable bonds is 3. The lowest BCUT2D eigenvalue weighted by atomic mass is 10.3. The van der Waals surface area contributed by atoms with Crippen molar-refractivity contribution in [3.05, 3.63) is 23.5 Å². The summed E-state index contributed by atoms with van der Waals surface area (Å²) in [5, 5.41) is 10.6. The van der Waals surface area contributed by atoms with Crippen molar-refractivity contribution >= 4 is 28.1 Å². The van der Waals surface area contributed by atoms with Gasteiger partial charge in [0.15, 0.2) is 0 Å². The molecule has 7 heteroatoms. The summed E-state index contributed by atoms with van der Waals surface area (Å²) in [5.41, 5.74) is 8.35. The summed E-state index contributed by atoms with van der Waals surface area (Å²) >= 11 is 1.27. The molecule has 0 bridgehead atoms. The Kier molecular flexibility index (Phi) is 3.10. The topological polar surface area (TPSA) is 85.8 Å². The summed E-state index contributed by atoms with van der Waals surface area (Å²) in [6, 6.07) is 1.82. The highest BCUT2D eigenvalue weighted by Crippen LogP contribution is 2.18. The summed E-state index contributed by atoms with van der Waals surface area (Å²) in [6.45, 7) is 3.97. The van der Waals surface area contributed by atoms with Gasteiger partial charge in [-0.3, -0.25) is 10.1 Å². The summed E-state index contributed by atoms with van der Waals surface area (Å²) in [5.74, 6) is -0.229. The van der Waals surface area contributed by atoms with Crippen molar-refractivity contribution in [2.24, 2.45) is 0 Å². The highest BCUT2D eigenvalue weighted by atomic mass is 32.1. The fraction of sp³-hybridized carbons (Fsp3) is 0.300. The molecule has 0 unspecified atom stereocenters.